The van der Waals surface area contributed by atoms with Crippen molar-refractivity contribution in [2.75, 3.05) is 12.4 Å². The summed E-state index contributed by atoms with van der Waals surface area (Å²) in [6.07, 6.45) is 0. The van der Waals surface area contributed by atoms with E-state index in [4.69, 9.17) is 0 Å². The van der Waals surface area contributed by atoms with Crippen LogP contribution in [0, 0.1) is 0 Å². The van der Waals surface area contributed by atoms with E-state index in [2.05, 4.69) is 21.2 Å². The van der Waals surface area contributed by atoms with Crippen LogP contribution in [0.25, 0.3) is 0 Å². The average molecular weight is 411 g/mol. The quantitative estimate of drug-likeness (QED) is 0.816. The smallest absolute Gasteiger partial charge is 0.256 e. The molecule has 0 aliphatic carbocycles. The Morgan fingerprint density at radius 1 is 1.08 bits per heavy atom. The highest BCUT2D eigenvalue weighted by Crippen LogP contribution is 2.21. The number of hydrogen-bond acceptors (Lipinski definition) is 3. The summed E-state index contributed by atoms with van der Waals surface area (Å²) in [5, 5.41) is 2.75. The fraction of sp³-hybridized carbons (Fsp3) is 0.235. The fourth-order valence-corrected chi connectivity index (χ4v) is 3.83. The third kappa shape index (κ3) is 4.03. The standard InChI is InChI=1S/C17H19BrN2O3S/c1-12(2)20(3)24(22,23)14-10-8-13(9-11-14)19-17(21)15-6-4-5-7-16(15)18/h4-12H,1-3H3,(H,19,21). The first-order valence-corrected chi connectivity index (χ1v) is 9.61. The lowest BCUT2D eigenvalue weighted by atomic mass is 10.2. The van der Waals surface area contributed by atoms with Gasteiger partial charge in [0.1, 0.15) is 0 Å². The molecule has 0 aliphatic rings. The zero-order chi connectivity index (χ0) is 17.9. The fourth-order valence-electron chi connectivity index (χ4n) is 2.00. The summed E-state index contributed by atoms with van der Waals surface area (Å²) in [5.74, 6) is -0.266. The molecule has 0 heterocycles. The van der Waals surface area contributed by atoms with E-state index in [1.165, 1.54) is 16.4 Å². The van der Waals surface area contributed by atoms with Crippen molar-refractivity contribution in [1.82, 2.24) is 4.31 Å². The Hall–Kier alpha value is -1.70. The third-order valence-corrected chi connectivity index (χ3v) is 6.37. The SMILES string of the molecule is CC(C)N(C)S(=O)(=O)c1ccc(NC(=O)c2ccccc2Br)cc1. The Bertz CT molecular complexity index is 833. The number of amides is 1. The van der Waals surface area contributed by atoms with Crippen molar-refractivity contribution < 1.29 is 13.2 Å². The minimum atomic E-state index is -3.53. The molecule has 5 nitrogen and oxygen atoms in total. The van der Waals surface area contributed by atoms with E-state index in [1.54, 1.807) is 37.4 Å². The van der Waals surface area contributed by atoms with Gasteiger partial charge in [-0.05, 0) is 66.2 Å². The van der Waals surface area contributed by atoms with E-state index in [0.717, 1.165) is 0 Å². The second-order valence-corrected chi connectivity index (χ2v) is 8.43. The summed E-state index contributed by atoms with van der Waals surface area (Å²) < 4.78 is 26.8. The Morgan fingerprint density at radius 2 is 1.67 bits per heavy atom. The number of carbonyl (C=O) groups is 1. The number of rotatable bonds is 5. The number of sulfonamides is 1. The predicted molar refractivity (Wildman–Crippen MR) is 98.6 cm³/mol. The van der Waals surface area contributed by atoms with Crippen molar-refractivity contribution in [3.63, 3.8) is 0 Å². The number of benzene rings is 2. The maximum atomic E-state index is 12.4. The lowest BCUT2D eigenvalue weighted by molar-refractivity contribution is 0.102. The molecule has 0 fully saturated rings. The predicted octanol–water partition coefficient (Wildman–Crippen LogP) is 3.73. The molecule has 2 aromatic carbocycles. The van der Waals surface area contributed by atoms with Gasteiger partial charge in [-0.1, -0.05) is 12.1 Å². The van der Waals surface area contributed by atoms with E-state index in [1.807, 2.05) is 19.9 Å². The monoisotopic (exact) mass is 410 g/mol. The Kier molecular flexibility index (Phi) is 5.79. The second kappa shape index (κ2) is 7.46. The summed E-state index contributed by atoms with van der Waals surface area (Å²) in [5.41, 5.74) is 1.04. The number of nitrogens with one attached hydrogen (secondary N) is 1. The first-order valence-electron chi connectivity index (χ1n) is 7.37. The number of halogens is 1. The van der Waals surface area contributed by atoms with Gasteiger partial charge in [0.15, 0.2) is 0 Å². The average Bonchev–Trinajstić information content (AvgIpc) is 2.54. The summed E-state index contributed by atoms with van der Waals surface area (Å²) in [4.78, 5) is 12.4. The van der Waals surface area contributed by atoms with Crippen molar-refractivity contribution in [3.05, 3.63) is 58.6 Å². The lowest BCUT2D eigenvalue weighted by Gasteiger charge is -2.21. The highest BCUT2D eigenvalue weighted by atomic mass is 79.9. The van der Waals surface area contributed by atoms with E-state index in [9.17, 15) is 13.2 Å². The molecule has 0 aliphatic heterocycles. The second-order valence-electron chi connectivity index (χ2n) is 5.57. The van der Waals surface area contributed by atoms with Crippen molar-refractivity contribution in [2.45, 2.75) is 24.8 Å². The van der Waals surface area contributed by atoms with Crippen LogP contribution in [0.2, 0.25) is 0 Å². The Labute approximate surface area is 150 Å². The summed E-state index contributed by atoms with van der Waals surface area (Å²) in [6.45, 7) is 3.62. The minimum absolute atomic E-state index is 0.134. The van der Waals surface area contributed by atoms with E-state index in [-0.39, 0.29) is 16.8 Å². The molecule has 0 aromatic heterocycles. The normalized spacial score (nSPS) is 11.8. The molecule has 1 amide bonds. The van der Waals surface area contributed by atoms with Gasteiger partial charge in [0, 0.05) is 23.2 Å². The molecule has 0 atom stereocenters. The van der Waals surface area contributed by atoms with Gasteiger partial charge in [-0.2, -0.15) is 4.31 Å². The van der Waals surface area contributed by atoms with Crippen molar-refractivity contribution in [1.29, 1.82) is 0 Å². The highest BCUT2D eigenvalue weighted by Gasteiger charge is 2.22. The Morgan fingerprint density at radius 3 is 2.21 bits per heavy atom. The molecule has 2 rings (SSSR count). The van der Waals surface area contributed by atoms with Gasteiger partial charge < -0.3 is 5.32 Å². The molecule has 0 radical (unpaired) electrons. The first kappa shape index (κ1) is 18.6. The number of hydrogen-bond donors (Lipinski definition) is 1. The third-order valence-electron chi connectivity index (χ3n) is 3.63. The largest absolute Gasteiger partial charge is 0.322 e. The number of anilines is 1. The Balaban J connectivity index is 2.19. The molecule has 7 heteroatoms. The molecule has 0 saturated heterocycles. The molecule has 24 heavy (non-hydrogen) atoms. The minimum Gasteiger partial charge on any atom is -0.322 e. The summed E-state index contributed by atoms with van der Waals surface area (Å²) >= 11 is 3.33. The van der Waals surface area contributed by atoms with Gasteiger partial charge in [-0.3, -0.25) is 4.79 Å². The summed E-state index contributed by atoms with van der Waals surface area (Å²) in [7, 11) is -1.98. The van der Waals surface area contributed by atoms with Gasteiger partial charge in [0.25, 0.3) is 5.91 Å². The van der Waals surface area contributed by atoms with Crippen molar-refractivity contribution >= 4 is 37.5 Å². The molecular weight excluding hydrogens is 392 g/mol. The van der Waals surface area contributed by atoms with Crippen molar-refractivity contribution in [3.8, 4) is 0 Å². The van der Waals surface area contributed by atoms with Gasteiger partial charge in [0.2, 0.25) is 10.0 Å². The van der Waals surface area contributed by atoms with Crippen LogP contribution in [-0.4, -0.2) is 31.7 Å². The van der Waals surface area contributed by atoms with Gasteiger partial charge in [-0.25, -0.2) is 8.42 Å². The van der Waals surface area contributed by atoms with Crippen molar-refractivity contribution in [2.24, 2.45) is 0 Å². The molecule has 2 aromatic rings. The van der Waals surface area contributed by atoms with Gasteiger partial charge >= 0.3 is 0 Å². The van der Waals surface area contributed by atoms with E-state index < -0.39 is 10.0 Å². The number of carbonyl (C=O) groups excluding carboxylic acids is 1. The van der Waals surface area contributed by atoms with Crippen LogP contribution in [0.15, 0.2) is 57.9 Å². The van der Waals surface area contributed by atoms with Crippen LogP contribution >= 0.6 is 15.9 Å². The van der Waals surface area contributed by atoms with Crippen LogP contribution in [0.1, 0.15) is 24.2 Å². The molecule has 1 N–H and O–H groups in total. The van der Waals surface area contributed by atoms with Crippen LogP contribution in [0.4, 0.5) is 5.69 Å². The van der Waals surface area contributed by atoms with Crippen LogP contribution in [0.5, 0.6) is 0 Å². The summed E-state index contributed by atoms with van der Waals surface area (Å²) in [6, 6.07) is 13.1. The van der Waals surface area contributed by atoms with Crippen LogP contribution < -0.4 is 5.32 Å². The molecule has 0 unspecified atom stereocenters. The molecular formula is C17H19BrN2O3S. The van der Waals surface area contributed by atoms with E-state index in [0.29, 0.717) is 15.7 Å². The zero-order valence-corrected chi connectivity index (χ0v) is 16.1. The molecule has 0 spiro atoms. The maximum absolute atomic E-state index is 12.4. The highest BCUT2D eigenvalue weighted by molar-refractivity contribution is 9.10. The van der Waals surface area contributed by atoms with Crippen LogP contribution in [0.3, 0.4) is 0 Å². The van der Waals surface area contributed by atoms with E-state index >= 15 is 0 Å². The maximum Gasteiger partial charge on any atom is 0.256 e. The molecule has 0 saturated carbocycles. The van der Waals surface area contributed by atoms with Gasteiger partial charge in [-0.15, -0.1) is 0 Å². The van der Waals surface area contributed by atoms with Gasteiger partial charge in [0.05, 0.1) is 10.5 Å². The topological polar surface area (TPSA) is 66.5 Å². The molecule has 128 valence electrons. The first-order chi connectivity index (χ1) is 11.2. The van der Waals surface area contributed by atoms with Crippen LogP contribution in [-0.2, 0) is 10.0 Å². The lowest BCUT2D eigenvalue weighted by Crippen LogP contribution is -2.33. The zero-order valence-electron chi connectivity index (χ0n) is 13.7. The number of nitrogens with zero attached hydrogens (tertiary/aromatic N) is 1. The molecule has 0 bridgehead atoms.